The second kappa shape index (κ2) is 4.91. The van der Waals surface area contributed by atoms with Crippen LogP contribution in [0.2, 0.25) is 0 Å². The van der Waals surface area contributed by atoms with Gasteiger partial charge in [-0.25, -0.2) is 0 Å². The van der Waals surface area contributed by atoms with Crippen LogP contribution in [0.15, 0.2) is 16.8 Å². The summed E-state index contributed by atoms with van der Waals surface area (Å²) in [7, 11) is 0. The van der Waals surface area contributed by atoms with Crippen LogP contribution in [-0.2, 0) is 0 Å². The third-order valence-electron chi connectivity index (χ3n) is 2.88. The monoisotopic (exact) mass is 210 g/mol. The summed E-state index contributed by atoms with van der Waals surface area (Å²) in [5.74, 6) is 0. The van der Waals surface area contributed by atoms with E-state index < -0.39 is 0 Å². The van der Waals surface area contributed by atoms with Crippen LogP contribution < -0.4 is 10.6 Å². The van der Waals surface area contributed by atoms with Crippen molar-refractivity contribution in [2.24, 2.45) is 0 Å². The zero-order valence-electron chi connectivity index (χ0n) is 8.62. The van der Waals surface area contributed by atoms with E-state index in [1.165, 1.54) is 24.9 Å². The van der Waals surface area contributed by atoms with Crippen LogP contribution in [0.1, 0.15) is 31.4 Å². The minimum Gasteiger partial charge on any atom is -0.313 e. The van der Waals surface area contributed by atoms with Crippen molar-refractivity contribution in [1.29, 1.82) is 0 Å². The second-order valence-corrected chi connectivity index (χ2v) is 4.76. The molecule has 1 aromatic heterocycles. The second-order valence-electron chi connectivity index (χ2n) is 3.98. The van der Waals surface area contributed by atoms with E-state index in [9.17, 15) is 0 Å². The standard InChI is InChI=1S/C11H18N2S/c1-9(10-4-6-14-8-10)13-7-11-3-2-5-12-11/h4,6,8-9,11-13H,2-3,5,7H2,1H3. The van der Waals surface area contributed by atoms with Crippen molar-refractivity contribution in [2.45, 2.75) is 31.8 Å². The summed E-state index contributed by atoms with van der Waals surface area (Å²) in [6, 6.07) is 3.38. The Balaban J connectivity index is 1.74. The van der Waals surface area contributed by atoms with E-state index in [2.05, 4.69) is 34.4 Å². The highest BCUT2D eigenvalue weighted by atomic mass is 32.1. The molecule has 14 heavy (non-hydrogen) atoms. The van der Waals surface area contributed by atoms with Crippen molar-refractivity contribution in [2.75, 3.05) is 13.1 Å². The van der Waals surface area contributed by atoms with Gasteiger partial charge >= 0.3 is 0 Å². The molecule has 0 amide bonds. The van der Waals surface area contributed by atoms with Crippen molar-refractivity contribution in [3.05, 3.63) is 22.4 Å². The van der Waals surface area contributed by atoms with Crippen molar-refractivity contribution >= 4 is 11.3 Å². The highest BCUT2D eigenvalue weighted by Crippen LogP contribution is 2.15. The van der Waals surface area contributed by atoms with Gasteiger partial charge in [-0.1, -0.05) is 0 Å². The number of hydrogen-bond acceptors (Lipinski definition) is 3. The molecule has 2 unspecified atom stereocenters. The van der Waals surface area contributed by atoms with E-state index in [1.807, 2.05) is 0 Å². The fourth-order valence-electron chi connectivity index (χ4n) is 1.89. The molecule has 2 nitrogen and oxygen atoms in total. The Morgan fingerprint density at radius 2 is 2.64 bits per heavy atom. The SMILES string of the molecule is CC(NCC1CCCN1)c1ccsc1. The number of nitrogens with one attached hydrogen (secondary N) is 2. The smallest absolute Gasteiger partial charge is 0.0300 e. The molecule has 0 aromatic carbocycles. The lowest BCUT2D eigenvalue weighted by molar-refractivity contribution is 0.490. The molecule has 1 aromatic rings. The van der Waals surface area contributed by atoms with Crippen LogP contribution in [-0.4, -0.2) is 19.1 Å². The number of rotatable bonds is 4. The first-order valence-electron chi connectivity index (χ1n) is 5.35. The van der Waals surface area contributed by atoms with Gasteiger partial charge in [-0.05, 0) is 48.7 Å². The topological polar surface area (TPSA) is 24.1 Å². The first-order valence-corrected chi connectivity index (χ1v) is 6.29. The lowest BCUT2D eigenvalue weighted by Gasteiger charge is -2.16. The van der Waals surface area contributed by atoms with Gasteiger partial charge in [0.15, 0.2) is 0 Å². The van der Waals surface area contributed by atoms with Crippen LogP contribution in [0.25, 0.3) is 0 Å². The maximum Gasteiger partial charge on any atom is 0.0300 e. The molecule has 0 saturated carbocycles. The van der Waals surface area contributed by atoms with Crippen LogP contribution in [0, 0.1) is 0 Å². The molecule has 0 aliphatic carbocycles. The minimum atomic E-state index is 0.489. The van der Waals surface area contributed by atoms with Crippen LogP contribution in [0.5, 0.6) is 0 Å². The summed E-state index contributed by atoms with van der Waals surface area (Å²) in [6.45, 7) is 4.52. The third-order valence-corrected chi connectivity index (χ3v) is 3.58. The van der Waals surface area contributed by atoms with Crippen LogP contribution in [0.4, 0.5) is 0 Å². The van der Waals surface area contributed by atoms with E-state index in [0.717, 1.165) is 6.54 Å². The average molecular weight is 210 g/mol. The molecule has 3 heteroatoms. The van der Waals surface area contributed by atoms with E-state index in [-0.39, 0.29) is 0 Å². The van der Waals surface area contributed by atoms with Gasteiger partial charge in [-0.2, -0.15) is 11.3 Å². The largest absolute Gasteiger partial charge is 0.313 e. The Hall–Kier alpha value is -0.380. The summed E-state index contributed by atoms with van der Waals surface area (Å²) in [4.78, 5) is 0. The first-order chi connectivity index (χ1) is 6.86. The molecular formula is C11H18N2S. The average Bonchev–Trinajstić information content (AvgIpc) is 2.87. The van der Waals surface area contributed by atoms with E-state index in [1.54, 1.807) is 11.3 Å². The van der Waals surface area contributed by atoms with E-state index in [0.29, 0.717) is 12.1 Å². The maximum atomic E-state index is 3.57. The summed E-state index contributed by atoms with van der Waals surface area (Å²) >= 11 is 1.77. The van der Waals surface area contributed by atoms with Gasteiger partial charge in [0.1, 0.15) is 0 Å². The quantitative estimate of drug-likeness (QED) is 0.795. The van der Waals surface area contributed by atoms with Gasteiger partial charge in [0.25, 0.3) is 0 Å². The van der Waals surface area contributed by atoms with Crippen LogP contribution >= 0.6 is 11.3 Å². The third kappa shape index (κ3) is 2.56. The van der Waals surface area contributed by atoms with Crippen molar-refractivity contribution in [3.8, 4) is 0 Å². The Bertz CT molecular complexity index is 252. The van der Waals surface area contributed by atoms with Gasteiger partial charge in [-0.15, -0.1) is 0 Å². The molecule has 0 radical (unpaired) electrons. The molecule has 1 aliphatic rings. The number of thiophene rings is 1. The summed E-state index contributed by atoms with van der Waals surface area (Å²) in [5, 5.41) is 11.4. The normalized spacial score (nSPS) is 23.9. The van der Waals surface area contributed by atoms with Gasteiger partial charge in [0.2, 0.25) is 0 Å². The molecular weight excluding hydrogens is 192 g/mol. The lowest BCUT2D eigenvalue weighted by Crippen LogP contribution is -2.35. The molecule has 2 heterocycles. The summed E-state index contributed by atoms with van der Waals surface area (Å²) in [6.07, 6.45) is 2.66. The molecule has 2 atom stereocenters. The molecule has 1 fully saturated rings. The van der Waals surface area contributed by atoms with Crippen LogP contribution in [0.3, 0.4) is 0 Å². The molecule has 0 bridgehead atoms. The Morgan fingerprint density at radius 1 is 1.71 bits per heavy atom. The van der Waals surface area contributed by atoms with Crippen molar-refractivity contribution < 1.29 is 0 Å². The molecule has 1 aliphatic heterocycles. The van der Waals surface area contributed by atoms with E-state index in [4.69, 9.17) is 0 Å². The predicted octanol–water partition coefficient (Wildman–Crippen LogP) is 2.15. The molecule has 2 rings (SSSR count). The lowest BCUT2D eigenvalue weighted by atomic mass is 10.1. The number of hydrogen-bond donors (Lipinski definition) is 2. The molecule has 78 valence electrons. The predicted molar refractivity (Wildman–Crippen MR) is 61.8 cm³/mol. The molecule has 1 saturated heterocycles. The highest BCUT2D eigenvalue weighted by Gasteiger charge is 2.14. The zero-order valence-corrected chi connectivity index (χ0v) is 9.44. The van der Waals surface area contributed by atoms with Gasteiger partial charge in [-0.3, -0.25) is 0 Å². The Labute approximate surface area is 89.7 Å². The van der Waals surface area contributed by atoms with Crippen molar-refractivity contribution in [1.82, 2.24) is 10.6 Å². The van der Waals surface area contributed by atoms with E-state index >= 15 is 0 Å². The zero-order chi connectivity index (χ0) is 9.80. The van der Waals surface area contributed by atoms with Gasteiger partial charge in [0.05, 0.1) is 0 Å². The first kappa shape index (κ1) is 10.1. The molecule has 0 spiro atoms. The highest BCUT2D eigenvalue weighted by molar-refractivity contribution is 7.07. The molecule has 2 N–H and O–H groups in total. The summed E-state index contributed by atoms with van der Waals surface area (Å²) < 4.78 is 0. The Kier molecular flexibility index (Phi) is 3.56. The van der Waals surface area contributed by atoms with Crippen molar-refractivity contribution in [3.63, 3.8) is 0 Å². The fourth-order valence-corrected chi connectivity index (χ4v) is 2.64. The summed E-state index contributed by atoms with van der Waals surface area (Å²) in [5.41, 5.74) is 1.41. The Morgan fingerprint density at radius 3 is 3.29 bits per heavy atom. The van der Waals surface area contributed by atoms with Gasteiger partial charge in [0, 0.05) is 18.6 Å². The fraction of sp³-hybridized carbons (Fsp3) is 0.636. The van der Waals surface area contributed by atoms with Gasteiger partial charge < -0.3 is 10.6 Å². The minimum absolute atomic E-state index is 0.489. The maximum absolute atomic E-state index is 3.57.